The van der Waals surface area contributed by atoms with Crippen LogP contribution >= 0.6 is 22.9 Å². The van der Waals surface area contributed by atoms with Gasteiger partial charge in [0.15, 0.2) is 0 Å². The van der Waals surface area contributed by atoms with E-state index in [-0.39, 0.29) is 4.21 Å². The molecule has 0 bridgehead atoms. The Balaban J connectivity index is 2.23. The van der Waals surface area contributed by atoms with Gasteiger partial charge in [0.2, 0.25) is 0 Å². The fraction of sp³-hybridized carbons (Fsp3) is 0. The maximum absolute atomic E-state index is 12.1. The van der Waals surface area contributed by atoms with Crippen LogP contribution in [0.4, 0.5) is 16.2 Å². The minimum Gasteiger partial charge on any atom is -0.351 e. The molecular weight excluding hydrogens is 322 g/mol. The van der Waals surface area contributed by atoms with Crippen molar-refractivity contribution in [2.45, 2.75) is 4.21 Å². The van der Waals surface area contributed by atoms with Gasteiger partial charge in [0.1, 0.15) is 4.21 Å². The molecule has 1 heterocycles. The quantitative estimate of drug-likeness (QED) is 0.802. The SMILES string of the molecule is NC(=O)Nc1cccc(NS(=O)(=O)c2ccc(Cl)s2)c1. The van der Waals surface area contributed by atoms with Crippen molar-refractivity contribution in [2.24, 2.45) is 5.73 Å². The topological polar surface area (TPSA) is 101 Å². The van der Waals surface area contributed by atoms with Crippen LogP contribution in [-0.2, 0) is 10.0 Å². The van der Waals surface area contributed by atoms with Crippen molar-refractivity contribution in [1.82, 2.24) is 0 Å². The number of halogens is 1. The van der Waals surface area contributed by atoms with E-state index < -0.39 is 16.1 Å². The van der Waals surface area contributed by atoms with Gasteiger partial charge in [0.25, 0.3) is 10.0 Å². The van der Waals surface area contributed by atoms with Crippen molar-refractivity contribution in [1.29, 1.82) is 0 Å². The molecule has 2 amide bonds. The first-order valence-corrected chi connectivity index (χ1v) is 7.99. The van der Waals surface area contributed by atoms with E-state index in [1.807, 2.05) is 0 Å². The number of carbonyl (C=O) groups is 1. The summed E-state index contributed by atoms with van der Waals surface area (Å²) in [5, 5.41) is 2.36. The average Bonchev–Trinajstić information content (AvgIpc) is 2.75. The highest BCUT2D eigenvalue weighted by Crippen LogP contribution is 2.27. The summed E-state index contributed by atoms with van der Waals surface area (Å²) >= 11 is 6.67. The monoisotopic (exact) mass is 331 g/mol. The molecule has 0 unspecified atom stereocenters. The molecule has 1 aromatic heterocycles. The maximum atomic E-state index is 12.1. The molecule has 106 valence electrons. The maximum Gasteiger partial charge on any atom is 0.316 e. The third kappa shape index (κ3) is 3.62. The predicted octanol–water partition coefficient (Wildman–Crippen LogP) is 2.69. The van der Waals surface area contributed by atoms with Gasteiger partial charge in [-0.25, -0.2) is 13.2 Å². The Kier molecular flexibility index (Phi) is 4.17. The van der Waals surface area contributed by atoms with Crippen LogP contribution in [0.2, 0.25) is 4.34 Å². The Bertz CT molecular complexity index is 743. The van der Waals surface area contributed by atoms with Gasteiger partial charge in [0, 0.05) is 5.69 Å². The molecule has 2 rings (SSSR count). The second-order valence-electron chi connectivity index (χ2n) is 3.73. The fourth-order valence-electron chi connectivity index (χ4n) is 1.45. The van der Waals surface area contributed by atoms with E-state index >= 15 is 0 Å². The Morgan fingerprint density at radius 3 is 2.50 bits per heavy atom. The van der Waals surface area contributed by atoms with Crippen molar-refractivity contribution in [3.05, 3.63) is 40.7 Å². The number of amides is 2. The number of carbonyl (C=O) groups excluding carboxylic acids is 1. The minimum absolute atomic E-state index is 0.107. The highest BCUT2D eigenvalue weighted by Gasteiger charge is 2.16. The summed E-state index contributed by atoms with van der Waals surface area (Å²) < 4.78 is 27.0. The molecule has 6 nitrogen and oxygen atoms in total. The second-order valence-corrected chi connectivity index (χ2v) is 7.36. The first kappa shape index (κ1) is 14.6. The lowest BCUT2D eigenvalue weighted by Crippen LogP contribution is -2.19. The summed E-state index contributed by atoms with van der Waals surface area (Å²) in [7, 11) is -3.70. The van der Waals surface area contributed by atoms with E-state index in [2.05, 4.69) is 10.0 Å². The highest BCUT2D eigenvalue weighted by atomic mass is 35.5. The predicted molar refractivity (Wildman–Crippen MR) is 79.8 cm³/mol. The lowest BCUT2D eigenvalue weighted by atomic mass is 10.3. The largest absolute Gasteiger partial charge is 0.351 e. The normalized spacial score (nSPS) is 11.1. The van der Waals surface area contributed by atoms with Gasteiger partial charge in [-0.05, 0) is 30.3 Å². The van der Waals surface area contributed by atoms with Crippen LogP contribution in [0.5, 0.6) is 0 Å². The molecule has 0 saturated heterocycles. The molecule has 0 aliphatic carbocycles. The zero-order chi connectivity index (χ0) is 14.8. The molecule has 0 aliphatic heterocycles. The van der Waals surface area contributed by atoms with Crippen LogP contribution in [0, 0.1) is 0 Å². The Labute approximate surface area is 124 Å². The number of urea groups is 1. The van der Waals surface area contributed by atoms with Gasteiger partial charge in [0.05, 0.1) is 10.0 Å². The molecule has 1 aromatic carbocycles. The van der Waals surface area contributed by atoms with Crippen LogP contribution < -0.4 is 15.8 Å². The number of primary amides is 1. The van der Waals surface area contributed by atoms with Crippen molar-refractivity contribution >= 4 is 50.4 Å². The number of nitrogens with one attached hydrogen (secondary N) is 2. The third-order valence-electron chi connectivity index (χ3n) is 2.20. The van der Waals surface area contributed by atoms with Crippen molar-refractivity contribution in [3.8, 4) is 0 Å². The number of nitrogens with two attached hydrogens (primary N) is 1. The van der Waals surface area contributed by atoms with E-state index in [1.165, 1.54) is 18.2 Å². The van der Waals surface area contributed by atoms with Crippen molar-refractivity contribution in [3.63, 3.8) is 0 Å². The molecule has 0 spiro atoms. The van der Waals surface area contributed by atoms with E-state index in [9.17, 15) is 13.2 Å². The molecule has 20 heavy (non-hydrogen) atoms. The number of anilines is 2. The van der Waals surface area contributed by atoms with Crippen LogP contribution in [0.1, 0.15) is 0 Å². The summed E-state index contributed by atoms with van der Waals surface area (Å²) in [4.78, 5) is 10.7. The van der Waals surface area contributed by atoms with E-state index in [0.29, 0.717) is 15.7 Å². The number of hydrogen-bond acceptors (Lipinski definition) is 4. The molecule has 4 N–H and O–H groups in total. The zero-order valence-corrected chi connectivity index (χ0v) is 12.3. The van der Waals surface area contributed by atoms with E-state index in [4.69, 9.17) is 17.3 Å². The summed E-state index contributed by atoms with van der Waals surface area (Å²) in [6.45, 7) is 0. The first-order valence-electron chi connectivity index (χ1n) is 5.31. The Morgan fingerprint density at radius 1 is 1.20 bits per heavy atom. The van der Waals surface area contributed by atoms with Gasteiger partial charge >= 0.3 is 6.03 Å². The molecule has 9 heteroatoms. The van der Waals surface area contributed by atoms with Gasteiger partial charge in [-0.15, -0.1) is 11.3 Å². The van der Waals surface area contributed by atoms with Crippen molar-refractivity contribution in [2.75, 3.05) is 10.0 Å². The lowest BCUT2D eigenvalue weighted by molar-refractivity contribution is 0.259. The average molecular weight is 332 g/mol. The molecule has 0 atom stereocenters. The number of rotatable bonds is 4. The van der Waals surface area contributed by atoms with Gasteiger partial charge < -0.3 is 11.1 Å². The molecule has 0 radical (unpaired) electrons. The molecule has 0 saturated carbocycles. The van der Waals surface area contributed by atoms with Crippen LogP contribution in [0.15, 0.2) is 40.6 Å². The van der Waals surface area contributed by atoms with Crippen LogP contribution in [0.25, 0.3) is 0 Å². The summed E-state index contributed by atoms with van der Waals surface area (Å²) in [6.07, 6.45) is 0. The molecule has 0 aliphatic rings. The molecular formula is C11H10ClN3O3S2. The van der Waals surface area contributed by atoms with Gasteiger partial charge in [-0.2, -0.15) is 0 Å². The Hall–Kier alpha value is -1.77. The summed E-state index contributed by atoms with van der Waals surface area (Å²) in [6, 6.07) is 8.38. The van der Waals surface area contributed by atoms with Crippen LogP contribution in [0.3, 0.4) is 0 Å². The Morgan fingerprint density at radius 2 is 1.90 bits per heavy atom. The fourth-order valence-corrected chi connectivity index (χ4v) is 3.98. The number of hydrogen-bond donors (Lipinski definition) is 3. The summed E-state index contributed by atoms with van der Waals surface area (Å²) in [5.74, 6) is 0. The smallest absolute Gasteiger partial charge is 0.316 e. The van der Waals surface area contributed by atoms with Crippen LogP contribution in [-0.4, -0.2) is 14.4 Å². The number of sulfonamides is 1. The summed E-state index contributed by atoms with van der Waals surface area (Å²) in [5.41, 5.74) is 5.69. The van der Waals surface area contributed by atoms with E-state index in [0.717, 1.165) is 11.3 Å². The third-order valence-corrected chi connectivity index (χ3v) is 5.30. The highest BCUT2D eigenvalue weighted by molar-refractivity contribution is 7.94. The molecule has 2 aromatic rings. The number of benzene rings is 1. The zero-order valence-electron chi connectivity index (χ0n) is 9.96. The van der Waals surface area contributed by atoms with Crippen molar-refractivity contribution < 1.29 is 13.2 Å². The standard InChI is InChI=1S/C11H10ClN3O3S2/c12-9-4-5-10(19-9)20(17,18)15-8-3-1-2-7(6-8)14-11(13)16/h1-6,15H,(H3,13,14,16). The van der Waals surface area contributed by atoms with Gasteiger partial charge in [-0.3, -0.25) is 4.72 Å². The second kappa shape index (κ2) is 5.70. The number of thiophene rings is 1. The minimum atomic E-state index is -3.70. The first-order chi connectivity index (χ1) is 9.37. The van der Waals surface area contributed by atoms with E-state index in [1.54, 1.807) is 18.2 Å². The lowest BCUT2D eigenvalue weighted by Gasteiger charge is -2.08. The van der Waals surface area contributed by atoms with Gasteiger partial charge in [-0.1, -0.05) is 17.7 Å². The molecule has 0 fully saturated rings.